The third kappa shape index (κ3) is 2.91. The summed E-state index contributed by atoms with van der Waals surface area (Å²) in [5.41, 5.74) is 0. The Hall–Kier alpha value is -1.92. The minimum absolute atomic E-state index is 0.356. The zero-order valence-corrected chi connectivity index (χ0v) is 13.4. The molecule has 6 heteroatoms. The monoisotopic (exact) mass is 363 g/mol. The average Bonchev–Trinajstić information content (AvgIpc) is 2.94. The molecule has 0 unspecified atom stereocenters. The molecule has 0 aliphatic rings. The van der Waals surface area contributed by atoms with Crippen LogP contribution in [0.25, 0.3) is 10.1 Å². The summed E-state index contributed by atoms with van der Waals surface area (Å²) in [6.07, 6.45) is 3.35. The van der Waals surface area contributed by atoms with E-state index in [1.165, 1.54) is 18.4 Å². The summed E-state index contributed by atoms with van der Waals surface area (Å²) in [5, 5.41) is 0.846. The highest BCUT2D eigenvalue weighted by molar-refractivity contribution is 9.10. The Morgan fingerprint density at radius 3 is 2.71 bits per heavy atom. The number of pyridine rings is 1. The van der Waals surface area contributed by atoms with Crippen LogP contribution in [-0.2, 0) is 4.74 Å². The molecule has 0 fully saturated rings. The van der Waals surface area contributed by atoms with Crippen LogP contribution in [0.15, 0.2) is 47.2 Å². The Morgan fingerprint density at radius 2 is 2.00 bits per heavy atom. The van der Waals surface area contributed by atoms with Crippen molar-refractivity contribution in [1.29, 1.82) is 0 Å². The first-order valence-corrected chi connectivity index (χ1v) is 7.67. The van der Waals surface area contributed by atoms with Crippen molar-refractivity contribution in [3.8, 4) is 11.5 Å². The highest BCUT2D eigenvalue weighted by Crippen LogP contribution is 2.34. The fourth-order valence-corrected chi connectivity index (χ4v) is 3.08. The smallest absolute Gasteiger partial charge is 0.348 e. The van der Waals surface area contributed by atoms with Crippen molar-refractivity contribution in [3.05, 3.63) is 52.1 Å². The molecule has 1 aromatic carbocycles. The van der Waals surface area contributed by atoms with Gasteiger partial charge < -0.3 is 9.47 Å². The molecule has 0 saturated heterocycles. The number of fused-ring (bicyclic) bond motifs is 1. The summed E-state index contributed by atoms with van der Waals surface area (Å²) in [7, 11) is 1.37. The van der Waals surface area contributed by atoms with Crippen LogP contribution in [-0.4, -0.2) is 18.1 Å². The number of benzene rings is 1. The summed E-state index contributed by atoms with van der Waals surface area (Å²) in [4.78, 5) is 16.3. The van der Waals surface area contributed by atoms with Gasteiger partial charge in [0.2, 0.25) is 0 Å². The highest BCUT2D eigenvalue weighted by atomic mass is 79.9. The Balaban J connectivity index is 2.00. The lowest BCUT2D eigenvalue weighted by Crippen LogP contribution is -1.96. The van der Waals surface area contributed by atoms with E-state index >= 15 is 0 Å². The number of carbonyl (C=O) groups is 1. The van der Waals surface area contributed by atoms with E-state index < -0.39 is 0 Å². The molecule has 0 bridgehead atoms. The third-order valence-corrected chi connectivity index (χ3v) is 4.42. The Morgan fingerprint density at radius 1 is 1.24 bits per heavy atom. The molecule has 0 radical (unpaired) electrons. The molecule has 2 heterocycles. The van der Waals surface area contributed by atoms with Crippen molar-refractivity contribution in [1.82, 2.24) is 4.98 Å². The number of carbonyl (C=O) groups excluding carboxylic acids is 1. The van der Waals surface area contributed by atoms with E-state index in [0.717, 1.165) is 14.6 Å². The predicted molar refractivity (Wildman–Crippen MR) is 85.2 cm³/mol. The number of ether oxygens (including phenoxy) is 2. The lowest BCUT2D eigenvalue weighted by Gasteiger charge is -2.06. The van der Waals surface area contributed by atoms with Gasteiger partial charge in [-0.2, -0.15) is 0 Å². The molecule has 4 nitrogen and oxygen atoms in total. The lowest BCUT2D eigenvalue weighted by atomic mass is 10.3. The topological polar surface area (TPSA) is 48.4 Å². The van der Waals surface area contributed by atoms with Gasteiger partial charge >= 0.3 is 5.97 Å². The number of methoxy groups -OCH3 is 1. The number of aromatic nitrogens is 1. The predicted octanol–water partition coefficient (Wildman–Crippen LogP) is 4.64. The maximum atomic E-state index is 11.6. The molecule has 0 aliphatic carbocycles. The molecular formula is C15H10BrNO3S. The molecule has 0 amide bonds. The summed E-state index contributed by atoms with van der Waals surface area (Å²) >= 11 is 4.71. The van der Waals surface area contributed by atoms with E-state index in [0.29, 0.717) is 16.4 Å². The fraction of sp³-hybridized carbons (Fsp3) is 0.0667. The molecule has 3 aromatic rings. The molecule has 0 atom stereocenters. The molecule has 0 N–H and O–H groups in total. The van der Waals surface area contributed by atoms with Gasteiger partial charge in [-0.05, 0) is 30.3 Å². The van der Waals surface area contributed by atoms with Crippen molar-refractivity contribution in [2.24, 2.45) is 0 Å². The minimum atomic E-state index is -0.356. The number of thiophene rings is 1. The second-order valence-corrected chi connectivity index (χ2v) is 6.21. The van der Waals surface area contributed by atoms with Crippen molar-refractivity contribution in [2.75, 3.05) is 7.11 Å². The van der Waals surface area contributed by atoms with Crippen LogP contribution in [0.3, 0.4) is 0 Å². The normalized spacial score (nSPS) is 10.6. The van der Waals surface area contributed by atoms with E-state index in [2.05, 4.69) is 20.9 Å². The molecule has 0 spiro atoms. The van der Waals surface area contributed by atoms with E-state index in [-0.39, 0.29) is 5.97 Å². The molecule has 2 aromatic heterocycles. The molecule has 0 saturated carbocycles. The van der Waals surface area contributed by atoms with E-state index in [1.54, 1.807) is 18.5 Å². The third-order valence-electron chi connectivity index (χ3n) is 2.84. The van der Waals surface area contributed by atoms with Gasteiger partial charge in [0.15, 0.2) is 5.75 Å². The second kappa shape index (κ2) is 5.83. The van der Waals surface area contributed by atoms with E-state index in [1.807, 2.05) is 24.3 Å². The van der Waals surface area contributed by atoms with Gasteiger partial charge in [0.25, 0.3) is 0 Å². The fourth-order valence-electron chi connectivity index (χ4n) is 1.85. The van der Waals surface area contributed by atoms with Crippen LogP contribution in [0.1, 0.15) is 9.67 Å². The minimum Gasteiger partial charge on any atom is -0.465 e. The quantitative estimate of drug-likeness (QED) is 0.636. The number of rotatable bonds is 3. The van der Waals surface area contributed by atoms with Crippen molar-refractivity contribution in [3.63, 3.8) is 0 Å². The maximum Gasteiger partial charge on any atom is 0.348 e. The van der Waals surface area contributed by atoms with Gasteiger partial charge in [-0.1, -0.05) is 15.9 Å². The van der Waals surface area contributed by atoms with Crippen LogP contribution in [0.2, 0.25) is 0 Å². The number of esters is 1. The number of hydrogen-bond donors (Lipinski definition) is 0. The summed E-state index contributed by atoms with van der Waals surface area (Å²) in [6, 6.07) is 9.28. The van der Waals surface area contributed by atoms with Crippen LogP contribution >= 0.6 is 27.3 Å². The van der Waals surface area contributed by atoms with Gasteiger partial charge in [-0.15, -0.1) is 11.3 Å². The van der Waals surface area contributed by atoms with Crippen LogP contribution < -0.4 is 4.74 Å². The second-order valence-electron chi connectivity index (χ2n) is 4.21. The molecular weight excluding hydrogens is 354 g/mol. The number of halogens is 1. The first-order valence-electron chi connectivity index (χ1n) is 6.06. The zero-order chi connectivity index (χ0) is 14.8. The Bertz CT molecular complexity index is 798. The van der Waals surface area contributed by atoms with Gasteiger partial charge in [0.1, 0.15) is 10.6 Å². The van der Waals surface area contributed by atoms with Gasteiger partial charge in [-0.25, -0.2) is 4.79 Å². The maximum absolute atomic E-state index is 11.6. The first-order chi connectivity index (χ1) is 10.2. The summed E-state index contributed by atoms with van der Waals surface area (Å²) in [5.74, 6) is 0.963. The number of hydrogen-bond acceptors (Lipinski definition) is 5. The van der Waals surface area contributed by atoms with Crippen molar-refractivity contribution >= 4 is 43.3 Å². The van der Waals surface area contributed by atoms with Crippen molar-refractivity contribution < 1.29 is 14.3 Å². The molecule has 0 aliphatic heterocycles. The van der Waals surface area contributed by atoms with Gasteiger partial charge in [0.05, 0.1) is 18.0 Å². The van der Waals surface area contributed by atoms with Crippen LogP contribution in [0.5, 0.6) is 11.5 Å². The highest BCUT2D eigenvalue weighted by Gasteiger charge is 2.14. The Kier molecular flexibility index (Phi) is 3.90. The first kappa shape index (κ1) is 14.0. The lowest BCUT2D eigenvalue weighted by molar-refractivity contribution is 0.0606. The molecule has 106 valence electrons. The average molecular weight is 364 g/mol. The summed E-state index contributed by atoms with van der Waals surface area (Å²) in [6.45, 7) is 0. The van der Waals surface area contributed by atoms with E-state index in [9.17, 15) is 4.79 Å². The van der Waals surface area contributed by atoms with Crippen LogP contribution in [0, 0.1) is 0 Å². The standard InChI is InChI=1S/C15H10BrNO3S/c1-19-15(18)13-6-11-12(7-17-8-14(11)21-13)20-10-4-2-9(16)3-5-10/h2-8H,1H3. The van der Waals surface area contributed by atoms with Gasteiger partial charge in [0, 0.05) is 16.1 Å². The zero-order valence-electron chi connectivity index (χ0n) is 11.0. The molecule has 3 rings (SSSR count). The summed E-state index contributed by atoms with van der Waals surface area (Å²) < 4.78 is 12.4. The van der Waals surface area contributed by atoms with E-state index in [4.69, 9.17) is 9.47 Å². The Labute approximate surface area is 133 Å². The van der Waals surface area contributed by atoms with Crippen LogP contribution in [0.4, 0.5) is 0 Å². The largest absolute Gasteiger partial charge is 0.465 e. The number of nitrogens with zero attached hydrogens (tertiary/aromatic N) is 1. The van der Waals surface area contributed by atoms with Crippen molar-refractivity contribution in [2.45, 2.75) is 0 Å². The SMILES string of the molecule is COC(=O)c1cc2c(Oc3ccc(Br)cc3)cncc2s1. The van der Waals surface area contributed by atoms with Gasteiger partial charge in [-0.3, -0.25) is 4.98 Å². The molecule has 21 heavy (non-hydrogen) atoms.